The minimum Gasteiger partial charge on any atom is -0.378 e. The molecule has 4 nitrogen and oxygen atoms in total. The molecule has 1 saturated heterocycles. The summed E-state index contributed by atoms with van der Waals surface area (Å²) in [5.74, 6) is 0. The van der Waals surface area contributed by atoms with Crippen LogP contribution in [0.4, 0.5) is 5.69 Å². The largest absolute Gasteiger partial charge is 0.378 e. The number of nitriles is 1. The Morgan fingerprint density at radius 2 is 2.15 bits per heavy atom. The minimum atomic E-state index is 0.341. The molecule has 1 aromatic carbocycles. The maximum atomic E-state index is 9.22. The highest BCUT2D eigenvalue weighted by Gasteiger charge is 2.21. The van der Waals surface area contributed by atoms with E-state index >= 15 is 0 Å². The minimum absolute atomic E-state index is 0.341. The van der Waals surface area contributed by atoms with E-state index in [-0.39, 0.29) is 0 Å². The zero-order chi connectivity index (χ0) is 14.4. The van der Waals surface area contributed by atoms with E-state index in [2.05, 4.69) is 24.0 Å². The molecular weight excluding hydrogens is 250 g/mol. The number of piperidine rings is 1. The van der Waals surface area contributed by atoms with Crippen LogP contribution in [0.2, 0.25) is 0 Å². The van der Waals surface area contributed by atoms with Crippen molar-refractivity contribution in [3.05, 3.63) is 29.3 Å². The first-order valence-electron chi connectivity index (χ1n) is 7.32. The number of benzene rings is 1. The van der Waals surface area contributed by atoms with Crippen molar-refractivity contribution in [2.45, 2.75) is 32.3 Å². The Bertz CT molecular complexity index is 473. The lowest BCUT2D eigenvalue weighted by Gasteiger charge is -2.34. The van der Waals surface area contributed by atoms with Crippen molar-refractivity contribution in [1.82, 2.24) is 0 Å². The van der Waals surface area contributed by atoms with Gasteiger partial charge in [0.15, 0.2) is 0 Å². The third-order valence-corrected chi connectivity index (χ3v) is 3.76. The summed E-state index contributed by atoms with van der Waals surface area (Å²) in [6.45, 7) is 5.41. The van der Waals surface area contributed by atoms with E-state index in [0.29, 0.717) is 12.6 Å². The van der Waals surface area contributed by atoms with E-state index in [1.54, 1.807) is 0 Å². The topological polar surface area (TPSA) is 62.3 Å². The van der Waals surface area contributed by atoms with Crippen molar-refractivity contribution in [1.29, 1.82) is 5.26 Å². The smallest absolute Gasteiger partial charge is 0.101 e. The molecule has 4 heteroatoms. The Kier molecular flexibility index (Phi) is 5.40. The van der Waals surface area contributed by atoms with E-state index in [1.807, 2.05) is 12.1 Å². The molecule has 0 unspecified atom stereocenters. The summed E-state index contributed by atoms with van der Waals surface area (Å²) in [6.07, 6.45) is 3.30. The molecule has 1 aliphatic heterocycles. The van der Waals surface area contributed by atoms with Crippen LogP contribution >= 0.6 is 0 Å². The number of hydrogen-bond acceptors (Lipinski definition) is 4. The van der Waals surface area contributed by atoms with Crippen LogP contribution in [-0.2, 0) is 4.74 Å². The van der Waals surface area contributed by atoms with Gasteiger partial charge in [-0.2, -0.15) is 5.26 Å². The predicted octanol–water partition coefficient (Wildman–Crippen LogP) is 2.20. The van der Waals surface area contributed by atoms with Crippen molar-refractivity contribution >= 4 is 5.69 Å². The molecule has 0 spiro atoms. The van der Waals surface area contributed by atoms with Gasteiger partial charge in [0.05, 0.1) is 17.4 Å². The summed E-state index contributed by atoms with van der Waals surface area (Å²) in [4.78, 5) is 2.30. The van der Waals surface area contributed by atoms with E-state index < -0.39 is 0 Å². The fourth-order valence-corrected chi connectivity index (χ4v) is 2.59. The van der Waals surface area contributed by atoms with Crippen LogP contribution in [0.3, 0.4) is 0 Å². The number of nitrogens with two attached hydrogens (primary N) is 1. The van der Waals surface area contributed by atoms with Crippen LogP contribution in [0.25, 0.3) is 0 Å². The average molecular weight is 273 g/mol. The highest BCUT2D eigenvalue weighted by molar-refractivity contribution is 5.60. The molecule has 108 valence electrons. The maximum absolute atomic E-state index is 9.22. The number of rotatable bonds is 5. The van der Waals surface area contributed by atoms with Gasteiger partial charge < -0.3 is 15.4 Å². The van der Waals surface area contributed by atoms with E-state index in [1.165, 1.54) is 5.56 Å². The van der Waals surface area contributed by atoms with Gasteiger partial charge in [0.1, 0.15) is 6.07 Å². The lowest BCUT2D eigenvalue weighted by Crippen LogP contribution is -2.37. The first kappa shape index (κ1) is 14.8. The molecule has 0 aromatic heterocycles. The summed E-state index contributed by atoms with van der Waals surface area (Å²) in [5.41, 5.74) is 8.49. The number of aryl methyl sites for hydroxylation is 1. The van der Waals surface area contributed by atoms with Crippen molar-refractivity contribution in [3.8, 4) is 6.07 Å². The molecule has 1 heterocycles. The van der Waals surface area contributed by atoms with Crippen LogP contribution < -0.4 is 10.6 Å². The summed E-state index contributed by atoms with van der Waals surface area (Å²) in [6, 6.07) is 8.29. The van der Waals surface area contributed by atoms with Crippen LogP contribution in [0.15, 0.2) is 18.2 Å². The van der Waals surface area contributed by atoms with Crippen molar-refractivity contribution in [2.24, 2.45) is 5.73 Å². The molecule has 0 atom stereocenters. The molecular formula is C16H23N3O. The standard InChI is InChI=1S/C16H23N3O/c1-13-3-4-14(12-18)16(11-13)19-8-5-15(6-9-19)20-10-2-7-17/h3-4,11,15H,2,5-10,17H2,1H3. The number of anilines is 1. The second kappa shape index (κ2) is 7.28. The molecule has 0 amide bonds. The second-order valence-corrected chi connectivity index (χ2v) is 5.33. The maximum Gasteiger partial charge on any atom is 0.101 e. The Morgan fingerprint density at radius 3 is 2.80 bits per heavy atom. The first-order valence-corrected chi connectivity index (χ1v) is 7.32. The molecule has 0 aliphatic carbocycles. The van der Waals surface area contributed by atoms with Crippen LogP contribution in [0, 0.1) is 18.3 Å². The number of nitrogens with zero attached hydrogens (tertiary/aromatic N) is 2. The van der Waals surface area contributed by atoms with Crippen molar-refractivity contribution < 1.29 is 4.74 Å². The molecule has 1 aromatic rings. The molecule has 0 bridgehead atoms. The van der Waals surface area contributed by atoms with Gasteiger partial charge in [0, 0.05) is 19.7 Å². The van der Waals surface area contributed by atoms with E-state index in [0.717, 1.165) is 50.2 Å². The highest BCUT2D eigenvalue weighted by Crippen LogP contribution is 2.26. The highest BCUT2D eigenvalue weighted by atomic mass is 16.5. The van der Waals surface area contributed by atoms with Gasteiger partial charge in [0.25, 0.3) is 0 Å². The molecule has 2 N–H and O–H groups in total. The van der Waals surface area contributed by atoms with Gasteiger partial charge in [-0.1, -0.05) is 6.07 Å². The summed E-state index contributed by atoms with van der Waals surface area (Å²) >= 11 is 0. The third kappa shape index (κ3) is 3.72. The van der Waals surface area contributed by atoms with E-state index in [9.17, 15) is 5.26 Å². The number of hydrogen-bond donors (Lipinski definition) is 1. The molecule has 0 radical (unpaired) electrons. The third-order valence-electron chi connectivity index (χ3n) is 3.76. The summed E-state index contributed by atoms with van der Waals surface area (Å²) in [7, 11) is 0. The summed E-state index contributed by atoms with van der Waals surface area (Å²) in [5, 5.41) is 9.22. The monoisotopic (exact) mass is 273 g/mol. The first-order chi connectivity index (χ1) is 9.74. The van der Waals surface area contributed by atoms with Crippen LogP contribution in [-0.4, -0.2) is 32.3 Å². The lowest BCUT2D eigenvalue weighted by atomic mass is 10.0. The van der Waals surface area contributed by atoms with Gasteiger partial charge in [-0.05, 0) is 50.4 Å². The zero-order valence-corrected chi connectivity index (χ0v) is 12.1. The second-order valence-electron chi connectivity index (χ2n) is 5.33. The quantitative estimate of drug-likeness (QED) is 0.835. The Hall–Kier alpha value is -1.57. The zero-order valence-electron chi connectivity index (χ0n) is 12.1. The Labute approximate surface area is 121 Å². The Morgan fingerprint density at radius 1 is 1.40 bits per heavy atom. The average Bonchev–Trinajstić information content (AvgIpc) is 2.48. The SMILES string of the molecule is Cc1ccc(C#N)c(N2CCC(OCCCN)CC2)c1. The molecule has 20 heavy (non-hydrogen) atoms. The molecule has 1 fully saturated rings. The van der Waals surface area contributed by atoms with Gasteiger partial charge in [-0.25, -0.2) is 0 Å². The van der Waals surface area contributed by atoms with Gasteiger partial charge in [-0.15, -0.1) is 0 Å². The van der Waals surface area contributed by atoms with Crippen LogP contribution in [0.1, 0.15) is 30.4 Å². The summed E-state index contributed by atoms with van der Waals surface area (Å²) < 4.78 is 5.82. The molecule has 2 rings (SSSR count). The molecule has 0 saturated carbocycles. The lowest BCUT2D eigenvalue weighted by molar-refractivity contribution is 0.0366. The predicted molar refractivity (Wildman–Crippen MR) is 80.8 cm³/mol. The Balaban J connectivity index is 1.94. The van der Waals surface area contributed by atoms with Gasteiger partial charge in [-0.3, -0.25) is 0 Å². The van der Waals surface area contributed by atoms with Gasteiger partial charge in [0.2, 0.25) is 0 Å². The normalized spacial score (nSPS) is 16.1. The van der Waals surface area contributed by atoms with Gasteiger partial charge >= 0.3 is 0 Å². The van der Waals surface area contributed by atoms with Crippen LogP contribution in [0.5, 0.6) is 0 Å². The number of ether oxygens (including phenoxy) is 1. The van der Waals surface area contributed by atoms with E-state index in [4.69, 9.17) is 10.5 Å². The van der Waals surface area contributed by atoms with Crippen molar-refractivity contribution in [2.75, 3.05) is 31.1 Å². The fraction of sp³-hybridized carbons (Fsp3) is 0.562. The fourth-order valence-electron chi connectivity index (χ4n) is 2.59. The van der Waals surface area contributed by atoms with Crippen molar-refractivity contribution in [3.63, 3.8) is 0 Å². The molecule has 1 aliphatic rings.